The number of aromatic nitrogens is 1. The highest BCUT2D eigenvalue weighted by Crippen LogP contribution is 2.39. The molecule has 0 saturated carbocycles. The van der Waals surface area contributed by atoms with Gasteiger partial charge in [0.05, 0.1) is 21.7 Å². The third-order valence-corrected chi connectivity index (χ3v) is 5.78. The lowest BCUT2D eigenvalue weighted by atomic mass is 10.1. The number of pyridine rings is 1. The number of nitriles is 1. The zero-order chi connectivity index (χ0) is 18.7. The summed E-state index contributed by atoms with van der Waals surface area (Å²) in [6.07, 6.45) is -4.64. The van der Waals surface area contributed by atoms with Gasteiger partial charge < -0.3 is 0 Å². The van der Waals surface area contributed by atoms with Crippen molar-refractivity contribution in [3.63, 3.8) is 0 Å². The van der Waals surface area contributed by atoms with E-state index in [4.69, 9.17) is 11.6 Å². The van der Waals surface area contributed by atoms with Gasteiger partial charge in [-0.1, -0.05) is 35.9 Å². The van der Waals surface area contributed by atoms with E-state index in [0.29, 0.717) is 15.7 Å². The molecule has 26 heavy (non-hydrogen) atoms. The highest BCUT2D eigenvalue weighted by atomic mass is 35.5. The average molecular weight is 411 g/mol. The third-order valence-electron chi connectivity index (χ3n) is 3.50. The van der Waals surface area contributed by atoms with Crippen LogP contribution in [0.1, 0.15) is 16.7 Å². The molecule has 3 aromatic rings. The first-order chi connectivity index (χ1) is 12.4. The first-order valence-electron chi connectivity index (χ1n) is 7.32. The molecule has 0 amide bonds. The van der Waals surface area contributed by atoms with Crippen LogP contribution in [0.2, 0.25) is 5.02 Å². The normalized spacial score (nSPS) is 11.3. The van der Waals surface area contributed by atoms with Crippen LogP contribution in [0.3, 0.4) is 0 Å². The number of benzene rings is 1. The van der Waals surface area contributed by atoms with E-state index in [1.165, 1.54) is 11.3 Å². The van der Waals surface area contributed by atoms with E-state index in [2.05, 4.69) is 4.98 Å². The summed E-state index contributed by atoms with van der Waals surface area (Å²) in [5.74, 6) is 0.312. The van der Waals surface area contributed by atoms with Crippen molar-refractivity contribution in [2.24, 2.45) is 0 Å². The Morgan fingerprint density at radius 2 is 1.96 bits per heavy atom. The van der Waals surface area contributed by atoms with E-state index in [1.54, 1.807) is 47.8 Å². The summed E-state index contributed by atoms with van der Waals surface area (Å²) in [7, 11) is 0. The molecule has 2 aromatic heterocycles. The molecule has 0 aliphatic carbocycles. The van der Waals surface area contributed by atoms with Crippen LogP contribution >= 0.6 is 34.7 Å². The second-order valence-electron chi connectivity index (χ2n) is 5.20. The minimum atomic E-state index is -4.64. The first kappa shape index (κ1) is 18.8. The maximum atomic E-state index is 13.5. The molecule has 3 rings (SSSR count). The molecule has 0 aliphatic rings. The minimum absolute atomic E-state index is 0.0469. The Kier molecular flexibility index (Phi) is 5.56. The molecule has 2 heterocycles. The van der Waals surface area contributed by atoms with E-state index in [1.807, 2.05) is 0 Å². The molecular weight excluding hydrogens is 401 g/mol. The lowest BCUT2D eigenvalue weighted by Crippen LogP contribution is -2.10. The lowest BCUT2D eigenvalue weighted by molar-refractivity contribution is -0.138. The van der Waals surface area contributed by atoms with Crippen molar-refractivity contribution in [3.05, 3.63) is 69.6 Å². The molecule has 0 saturated heterocycles. The Morgan fingerprint density at radius 1 is 1.19 bits per heavy atom. The van der Waals surface area contributed by atoms with Gasteiger partial charge in [0.15, 0.2) is 0 Å². The van der Waals surface area contributed by atoms with Gasteiger partial charge in [0.1, 0.15) is 11.1 Å². The smallest absolute Gasteiger partial charge is 0.239 e. The van der Waals surface area contributed by atoms with Gasteiger partial charge in [0, 0.05) is 10.8 Å². The molecule has 0 radical (unpaired) electrons. The largest absolute Gasteiger partial charge is 0.417 e. The summed E-state index contributed by atoms with van der Waals surface area (Å²) in [6, 6.07) is 13.1. The van der Waals surface area contributed by atoms with Crippen molar-refractivity contribution in [3.8, 4) is 16.6 Å². The number of rotatable bonds is 4. The minimum Gasteiger partial charge on any atom is -0.239 e. The Morgan fingerprint density at radius 3 is 2.58 bits per heavy atom. The predicted octanol–water partition coefficient (Wildman–Crippen LogP) is 6.65. The highest BCUT2D eigenvalue weighted by Gasteiger charge is 2.36. The Bertz CT molecular complexity index is 964. The van der Waals surface area contributed by atoms with E-state index < -0.39 is 17.3 Å². The first-order valence-corrected chi connectivity index (χ1v) is 9.57. The summed E-state index contributed by atoms with van der Waals surface area (Å²) in [5, 5.41) is 11.6. The van der Waals surface area contributed by atoms with Gasteiger partial charge in [-0.15, -0.1) is 23.1 Å². The number of thiophene rings is 1. The number of hydrogen-bond donors (Lipinski definition) is 0. The van der Waals surface area contributed by atoms with Crippen LogP contribution in [0.15, 0.2) is 52.9 Å². The second-order valence-corrected chi connectivity index (χ2v) is 7.52. The Hall–Kier alpha value is -2.01. The predicted molar refractivity (Wildman–Crippen MR) is 98.3 cm³/mol. The molecule has 0 spiro atoms. The number of thioether (sulfide) groups is 1. The fraction of sp³-hybridized carbons (Fsp3) is 0.111. The molecule has 8 heteroatoms. The zero-order valence-corrected chi connectivity index (χ0v) is 15.4. The summed E-state index contributed by atoms with van der Waals surface area (Å²) < 4.78 is 40.4. The maximum Gasteiger partial charge on any atom is 0.417 e. The standard InChI is InChI=1S/C18H10ClF3N2S2/c19-14-5-2-1-4-11(14)10-26-17-12(9-23)13(18(20,21)22)8-15(24-17)16-6-3-7-25-16/h1-8H,10H2. The summed E-state index contributed by atoms with van der Waals surface area (Å²) >= 11 is 8.46. The van der Waals surface area contributed by atoms with Crippen LogP contribution in [0.25, 0.3) is 10.6 Å². The summed E-state index contributed by atoms with van der Waals surface area (Å²) in [6.45, 7) is 0. The van der Waals surface area contributed by atoms with Gasteiger partial charge in [0.25, 0.3) is 0 Å². The van der Waals surface area contributed by atoms with Crippen LogP contribution in [0, 0.1) is 11.3 Å². The molecule has 0 bridgehead atoms. The van der Waals surface area contributed by atoms with Crippen molar-refractivity contribution in [2.75, 3.05) is 0 Å². The molecule has 0 fully saturated rings. The quantitative estimate of drug-likeness (QED) is 0.452. The van der Waals surface area contributed by atoms with Gasteiger partial charge in [-0.2, -0.15) is 18.4 Å². The Labute approximate surface area is 161 Å². The molecule has 1 aromatic carbocycles. The summed E-state index contributed by atoms with van der Waals surface area (Å²) in [5.41, 5.74) is -0.470. The SMILES string of the molecule is N#Cc1c(C(F)(F)F)cc(-c2cccs2)nc1SCc1ccccc1Cl. The van der Waals surface area contributed by atoms with Crippen LogP contribution in [-0.2, 0) is 11.9 Å². The second kappa shape index (κ2) is 7.70. The molecule has 2 nitrogen and oxygen atoms in total. The topological polar surface area (TPSA) is 36.7 Å². The van der Waals surface area contributed by atoms with Gasteiger partial charge in [-0.3, -0.25) is 0 Å². The van der Waals surface area contributed by atoms with Gasteiger partial charge in [-0.05, 0) is 29.1 Å². The molecule has 0 N–H and O–H groups in total. The lowest BCUT2D eigenvalue weighted by Gasteiger charge is -2.14. The number of halogens is 4. The fourth-order valence-corrected chi connectivity index (χ4v) is 4.24. The van der Waals surface area contributed by atoms with Gasteiger partial charge in [0.2, 0.25) is 0 Å². The van der Waals surface area contributed by atoms with E-state index in [0.717, 1.165) is 23.4 Å². The van der Waals surface area contributed by atoms with Crippen molar-refractivity contribution in [1.29, 1.82) is 5.26 Å². The van der Waals surface area contributed by atoms with Crippen molar-refractivity contribution >= 4 is 34.7 Å². The van der Waals surface area contributed by atoms with Crippen molar-refractivity contribution in [1.82, 2.24) is 4.98 Å². The molecule has 0 aliphatic heterocycles. The van der Waals surface area contributed by atoms with Crippen LogP contribution in [0.5, 0.6) is 0 Å². The van der Waals surface area contributed by atoms with E-state index >= 15 is 0 Å². The maximum absolute atomic E-state index is 13.5. The molecule has 0 unspecified atom stereocenters. The van der Waals surface area contributed by atoms with Crippen molar-refractivity contribution in [2.45, 2.75) is 17.0 Å². The molecule has 132 valence electrons. The molecule has 0 atom stereocenters. The monoisotopic (exact) mass is 410 g/mol. The number of nitrogens with zero attached hydrogens (tertiary/aromatic N) is 2. The third kappa shape index (κ3) is 4.04. The summed E-state index contributed by atoms with van der Waals surface area (Å²) in [4.78, 5) is 4.92. The van der Waals surface area contributed by atoms with Crippen LogP contribution < -0.4 is 0 Å². The average Bonchev–Trinajstić information content (AvgIpc) is 3.14. The van der Waals surface area contributed by atoms with E-state index in [9.17, 15) is 18.4 Å². The van der Waals surface area contributed by atoms with Gasteiger partial charge >= 0.3 is 6.18 Å². The number of hydrogen-bond acceptors (Lipinski definition) is 4. The van der Waals surface area contributed by atoms with Crippen molar-refractivity contribution < 1.29 is 13.2 Å². The van der Waals surface area contributed by atoms with E-state index in [-0.39, 0.29) is 10.7 Å². The molecular formula is C18H10ClF3N2S2. The Balaban J connectivity index is 2.06. The van der Waals surface area contributed by atoms with Gasteiger partial charge in [-0.25, -0.2) is 4.98 Å². The highest BCUT2D eigenvalue weighted by molar-refractivity contribution is 7.98. The fourth-order valence-electron chi connectivity index (χ4n) is 2.27. The number of alkyl halides is 3. The van der Waals surface area contributed by atoms with Crippen LogP contribution in [0.4, 0.5) is 13.2 Å². The zero-order valence-electron chi connectivity index (χ0n) is 13.0. The van der Waals surface area contributed by atoms with Crippen LogP contribution in [-0.4, -0.2) is 4.98 Å².